The molecule has 4 heteroatoms. The van der Waals surface area contributed by atoms with Gasteiger partial charge in [-0.3, -0.25) is 0 Å². The molecular weight excluding hydrogens is 182 g/mol. The first-order valence-electron chi connectivity index (χ1n) is 4.53. The molecule has 0 radical (unpaired) electrons. The Morgan fingerprint density at radius 3 is 3.21 bits per heavy atom. The van der Waals surface area contributed by atoms with Gasteiger partial charge in [-0.15, -0.1) is 0 Å². The molecule has 76 valence electrons. The van der Waals surface area contributed by atoms with E-state index >= 15 is 0 Å². The number of anilines is 1. The summed E-state index contributed by atoms with van der Waals surface area (Å²) in [6.45, 7) is 0.626. The summed E-state index contributed by atoms with van der Waals surface area (Å²) in [5.74, 6) is 1.37. The Morgan fingerprint density at radius 1 is 1.64 bits per heavy atom. The van der Waals surface area contributed by atoms with Crippen molar-refractivity contribution < 1.29 is 14.6 Å². The Morgan fingerprint density at radius 2 is 2.50 bits per heavy atom. The van der Waals surface area contributed by atoms with Gasteiger partial charge in [-0.2, -0.15) is 0 Å². The average molecular weight is 195 g/mol. The number of aliphatic hydroxyl groups is 1. The second-order valence-electron chi connectivity index (χ2n) is 3.14. The van der Waals surface area contributed by atoms with Crippen molar-refractivity contribution in [3.05, 3.63) is 18.2 Å². The normalized spacial score (nSPS) is 19.1. The molecule has 0 fully saturated rings. The van der Waals surface area contributed by atoms with Crippen molar-refractivity contribution in [2.45, 2.75) is 6.10 Å². The Bertz CT molecular complexity index is 313. The molecule has 4 nitrogen and oxygen atoms in total. The number of ether oxygens (including phenoxy) is 2. The first-order chi connectivity index (χ1) is 6.85. The minimum absolute atomic E-state index is 0.00445. The molecule has 1 aliphatic rings. The molecule has 0 spiro atoms. The lowest BCUT2D eigenvalue weighted by Crippen LogP contribution is -2.33. The van der Waals surface area contributed by atoms with Gasteiger partial charge in [-0.1, -0.05) is 6.07 Å². The summed E-state index contributed by atoms with van der Waals surface area (Å²) in [6.07, 6.45) is -0.196. The monoisotopic (exact) mass is 195 g/mol. The SMILES string of the molecule is COc1cccc2c1OC(CO)CN2. The average Bonchev–Trinajstić information content (AvgIpc) is 2.27. The number of benzene rings is 1. The third-order valence-corrected chi connectivity index (χ3v) is 2.21. The van der Waals surface area contributed by atoms with Crippen LogP contribution in [0.1, 0.15) is 0 Å². The predicted molar refractivity (Wildman–Crippen MR) is 53.0 cm³/mol. The number of hydrogen-bond donors (Lipinski definition) is 2. The molecular formula is C10H13NO3. The fraction of sp³-hybridized carbons (Fsp3) is 0.400. The second-order valence-corrected chi connectivity index (χ2v) is 3.14. The molecule has 1 heterocycles. The van der Waals surface area contributed by atoms with E-state index in [1.54, 1.807) is 7.11 Å². The van der Waals surface area contributed by atoms with Gasteiger partial charge in [0.15, 0.2) is 11.5 Å². The van der Waals surface area contributed by atoms with E-state index < -0.39 is 0 Å². The Hall–Kier alpha value is -1.42. The van der Waals surface area contributed by atoms with Crippen LogP contribution in [0.15, 0.2) is 18.2 Å². The minimum atomic E-state index is -0.196. The summed E-state index contributed by atoms with van der Waals surface area (Å²) in [7, 11) is 1.60. The van der Waals surface area contributed by atoms with Crippen LogP contribution in [0.3, 0.4) is 0 Å². The number of nitrogens with one attached hydrogen (secondary N) is 1. The number of rotatable bonds is 2. The van der Waals surface area contributed by atoms with Crippen molar-refractivity contribution in [3.8, 4) is 11.5 Å². The molecule has 14 heavy (non-hydrogen) atoms. The molecule has 0 amide bonds. The minimum Gasteiger partial charge on any atom is -0.493 e. The lowest BCUT2D eigenvalue weighted by molar-refractivity contribution is 0.116. The van der Waals surface area contributed by atoms with Crippen LogP contribution in [0.5, 0.6) is 11.5 Å². The van der Waals surface area contributed by atoms with Gasteiger partial charge in [0, 0.05) is 0 Å². The van der Waals surface area contributed by atoms with Crippen LogP contribution in [0.4, 0.5) is 5.69 Å². The molecule has 1 aromatic carbocycles. The van der Waals surface area contributed by atoms with E-state index in [0.717, 1.165) is 5.69 Å². The number of hydrogen-bond acceptors (Lipinski definition) is 4. The van der Waals surface area contributed by atoms with Crippen molar-refractivity contribution in [2.24, 2.45) is 0 Å². The van der Waals surface area contributed by atoms with E-state index in [2.05, 4.69) is 5.32 Å². The van der Waals surface area contributed by atoms with Crippen LogP contribution in [-0.4, -0.2) is 31.5 Å². The molecule has 2 N–H and O–H groups in total. The number of methoxy groups -OCH3 is 1. The quantitative estimate of drug-likeness (QED) is 0.735. The van der Waals surface area contributed by atoms with E-state index in [1.807, 2.05) is 18.2 Å². The Kier molecular flexibility index (Phi) is 2.45. The van der Waals surface area contributed by atoms with Crippen molar-refractivity contribution in [3.63, 3.8) is 0 Å². The molecule has 1 aromatic rings. The molecule has 0 bridgehead atoms. The number of para-hydroxylation sites is 1. The lowest BCUT2D eigenvalue weighted by Gasteiger charge is -2.27. The van der Waals surface area contributed by atoms with E-state index in [-0.39, 0.29) is 12.7 Å². The van der Waals surface area contributed by atoms with E-state index in [4.69, 9.17) is 14.6 Å². The highest BCUT2D eigenvalue weighted by Gasteiger charge is 2.21. The van der Waals surface area contributed by atoms with Gasteiger partial charge in [0.05, 0.1) is 25.9 Å². The zero-order valence-electron chi connectivity index (χ0n) is 7.99. The summed E-state index contributed by atoms with van der Waals surface area (Å²) in [5.41, 5.74) is 0.911. The smallest absolute Gasteiger partial charge is 0.184 e. The molecule has 1 aliphatic heterocycles. The van der Waals surface area contributed by atoms with Crippen LogP contribution in [0.25, 0.3) is 0 Å². The van der Waals surface area contributed by atoms with Gasteiger partial charge in [-0.25, -0.2) is 0 Å². The summed E-state index contributed by atoms with van der Waals surface area (Å²) in [4.78, 5) is 0. The van der Waals surface area contributed by atoms with Crippen LogP contribution in [0.2, 0.25) is 0 Å². The largest absolute Gasteiger partial charge is 0.493 e. The molecule has 1 unspecified atom stereocenters. The summed E-state index contributed by atoms with van der Waals surface area (Å²) >= 11 is 0. The topological polar surface area (TPSA) is 50.7 Å². The van der Waals surface area contributed by atoms with Crippen molar-refractivity contribution in [2.75, 3.05) is 25.6 Å². The lowest BCUT2D eigenvalue weighted by atomic mass is 10.2. The van der Waals surface area contributed by atoms with Gasteiger partial charge < -0.3 is 19.9 Å². The van der Waals surface area contributed by atoms with Crippen LogP contribution < -0.4 is 14.8 Å². The molecule has 2 rings (SSSR count). The molecule has 0 aliphatic carbocycles. The van der Waals surface area contributed by atoms with Crippen LogP contribution in [0, 0.1) is 0 Å². The van der Waals surface area contributed by atoms with Crippen LogP contribution in [-0.2, 0) is 0 Å². The highest BCUT2D eigenvalue weighted by molar-refractivity contribution is 5.64. The second kappa shape index (κ2) is 3.75. The van der Waals surface area contributed by atoms with Crippen molar-refractivity contribution in [1.82, 2.24) is 0 Å². The maximum absolute atomic E-state index is 8.97. The van der Waals surface area contributed by atoms with E-state index in [9.17, 15) is 0 Å². The third kappa shape index (κ3) is 1.48. The van der Waals surface area contributed by atoms with Gasteiger partial charge in [0.1, 0.15) is 6.10 Å². The van der Waals surface area contributed by atoms with Crippen molar-refractivity contribution in [1.29, 1.82) is 0 Å². The van der Waals surface area contributed by atoms with Gasteiger partial charge in [0.25, 0.3) is 0 Å². The summed E-state index contributed by atoms with van der Waals surface area (Å²) < 4.78 is 10.7. The first kappa shape index (κ1) is 9.15. The summed E-state index contributed by atoms with van der Waals surface area (Å²) in [5, 5.41) is 12.1. The Balaban J connectivity index is 2.33. The predicted octanol–water partition coefficient (Wildman–Crippen LogP) is 0.860. The molecule has 0 saturated carbocycles. The highest BCUT2D eigenvalue weighted by Crippen LogP contribution is 2.37. The fourth-order valence-corrected chi connectivity index (χ4v) is 1.47. The van der Waals surface area contributed by atoms with Crippen LogP contribution >= 0.6 is 0 Å². The molecule has 0 saturated heterocycles. The number of aliphatic hydroxyl groups excluding tert-OH is 1. The first-order valence-corrected chi connectivity index (χ1v) is 4.53. The molecule has 0 aromatic heterocycles. The maximum Gasteiger partial charge on any atom is 0.184 e. The number of fused-ring (bicyclic) bond motifs is 1. The van der Waals surface area contributed by atoms with E-state index in [1.165, 1.54) is 0 Å². The molecule has 1 atom stereocenters. The zero-order chi connectivity index (χ0) is 9.97. The maximum atomic E-state index is 8.97. The van der Waals surface area contributed by atoms with Gasteiger partial charge in [-0.05, 0) is 12.1 Å². The van der Waals surface area contributed by atoms with Gasteiger partial charge in [0.2, 0.25) is 0 Å². The third-order valence-electron chi connectivity index (χ3n) is 2.21. The Labute approximate surface area is 82.5 Å². The van der Waals surface area contributed by atoms with Gasteiger partial charge >= 0.3 is 0 Å². The standard InChI is InChI=1S/C10H13NO3/c1-13-9-4-2-3-8-10(9)14-7(6-12)5-11-8/h2-4,7,11-12H,5-6H2,1H3. The zero-order valence-corrected chi connectivity index (χ0v) is 7.99. The highest BCUT2D eigenvalue weighted by atomic mass is 16.5. The van der Waals surface area contributed by atoms with E-state index in [0.29, 0.717) is 18.0 Å². The van der Waals surface area contributed by atoms with Crippen molar-refractivity contribution >= 4 is 5.69 Å². The fourth-order valence-electron chi connectivity index (χ4n) is 1.47. The summed E-state index contributed by atoms with van der Waals surface area (Å²) in [6, 6.07) is 5.65.